The van der Waals surface area contributed by atoms with Crippen LogP contribution < -0.4 is 0 Å². The van der Waals surface area contributed by atoms with Gasteiger partial charge in [0.25, 0.3) is 0 Å². The molecule has 7 heteroatoms. The van der Waals surface area contributed by atoms with E-state index < -0.39 is 23.7 Å². The standard InChI is InChI=1S/C18H19FN2O4/c1-10-15(11(2)25-20-10)9-21-16(22)8-7-14(18(23)24)17(21)12-3-5-13(19)6-4-12/h3-6,14,17H,7-9H2,1-2H3,(H,23,24)/t14-,17-/m0/s1. The molecule has 25 heavy (non-hydrogen) atoms. The van der Waals surface area contributed by atoms with E-state index in [0.717, 1.165) is 5.56 Å². The number of carboxylic acids is 1. The summed E-state index contributed by atoms with van der Waals surface area (Å²) in [7, 11) is 0. The molecule has 0 unspecified atom stereocenters. The summed E-state index contributed by atoms with van der Waals surface area (Å²) < 4.78 is 18.4. The van der Waals surface area contributed by atoms with Crippen molar-refractivity contribution in [2.75, 3.05) is 0 Å². The van der Waals surface area contributed by atoms with E-state index in [1.807, 2.05) is 0 Å². The Morgan fingerprint density at radius 1 is 1.36 bits per heavy atom. The summed E-state index contributed by atoms with van der Waals surface area (Å²) >= 11 is 0. The maximum Gasteiger partial charge on any atom is 0.308 e. The van der Waals surface area contributed by atoms with Crippen molar-refractivity contribution in [2.45, 2.75) is 39.3 Å². The Morgan fingerprint density at radius 2 is 2.04 bits per heavy atom. The average molecular weight is 346 g/mol. The van der Waals surface area contributed by atoms with Crippen LogP contribution in [-0.2, 0) is 16.1 Å². The fourth-order valence-electron chi connectivity index (χ4n) is 3.37. The Kier molecular flexibility index (Phi) is 4.57. The topological polar surface area (TPSA) is 83.6 Å². The van der Waals surface area contributed by atoms with E-state index in [9.17, 15) is 19.1 Å². The molecule has 1 N–H and O–H groups in total. The first kappa shape index (κ1) is 17.1. The molecule has 0 aliphatic carbocycles. The van der Waals surface area contributed by atoms with Crippen molar-refractivity contribution in [1.82, 2.24) is 10.1 Å². The maximum atomic E-state index is 13.3. The van der Waals surface area contributed by atoms with Crippen molar-refractivity contribution in [3.05, 3.63) is 52.7 Å². The molecular formula is C18H19FN2O4. The third-order valence-corrected chi connectivity index (χ3v) is 4.74. The van der Waals surface area contributed by atoms with E-state index in [1.165, 1.54) is 24.3 Å². The van der Waals surface area contributed by atoms with Gasteiger partial charge in [0, 0.05) is 12.0 Å². The molecule has 2 aromatic rings. The highest BCUT2D eigenvalue weighted by Gasteiger charge is 2.41. The lowest BCUT2D eigenvalue weighted by Gasteiger charge is -2.39. The normalized spacial score (nSPS) is 20.8. The minimum absolute atomic E-state index is 0.133. The van der Waals surface area contributed by atoms with Crippen LogP contribution in [0, 0.1) is 25.6 Å². The maximum absolute atomic E-state index is 13.3. The highest BCUT2D eigenvalue weighted by Crippen LogP contribution is 2.38. The number of nitrogens with zero attached hydrogens (tertiary/aromatic N) is 2. The molecule has 1 aliphatic rings. The first-order valence-corrected chi connectivity index (χ1v) is 8.08. The number of likely N-dealkylation sites (tertiary alicyclic amines) is 1. The molecule has 2 atom stereocenters. The van der Waals surface area contributed by atoms with Crippen LogP contribution in [-0.4, -0.2) is 27.0 Å². The number of hydrogen-bond donors (Lipinski definition) is 1. The zero-order valence-electron chi connectivity index (χ0n) is 14.0. The van der Waals surface area contributed by atoms with Crippen LogP contribution >= 0.6 is 0 Å². The van der Waals surface area contributed by atoms with Crippen molar-refractivity contribution in [3.63, 3.8) is 0 Å². The summed E-state index contributed by atoms with van der Waals surface area (Å²) in [4.78, 5) is 25.9. The predicted octanol–water partition coefficient (Wildman–Crippen LogP) is 3.00. The number of carbonyl (C=O) groups is 2. The molecule has 3 rings (SSSR count). The second kappa shape index (κ2) is 6.66. The number of carbonyl (C=O) groups excluding carboxylic acids is 1. The summed E-state index contributed by atoms with van der Waals surface area (Å²) in [5, 5.41) is 13.5. The third kappa shape index (κ3) is 3.26. The fourth-order valence-corrected chi connectivity index (χ4v) is 3.37. The van der Waals surface area contributed by atoms with Gasteiger partial charge in [-0.2, -0.15) is 0 Å². The van der Waals surface area contributed by atoms with Gasteiger partial charge in [-0.15, -0.1) is 0 Å². The first-order chi connectivity index (χ1) is 11.9. The minimum atomic E-state index is -0.967. The molecule has 1 aromatic carbocycles. The lowest BCUT2D eigenvalue weighted by Crippen LogP contribution is -2.45. The van der Waals surface area contributed by atoms with Crippen LogP contribution in [0.5, 0.6) is 0 Å². The Balaban J connectivity index is 2.02. The number of hydrogen-bond acceptors (Lipinski definition) is 4. The second-order valence-electron chi connectivity index (χ2n) is 6.30. The van der Waals surface area contributed by atoms with Crippen LogP contribution in [0.15, 0.2) is 28.8 Å². The number of halogens is 1. The van der Waals surface area contributed by atoms with Gasteiger partial charge in [-0.1, -0.05) is 17.3 Å². The van der Waals surface area contributed by atoms with Gasteiger partial charge in [-0.3, -0.25) is 9.59 Å². The number of aryl methyl sites for hydroxylation is 2. The Labute approximate surface area is 144 Å². The minimum Gasteiger partial charge on any atom is -0.481 e. The van der Waals surface area contributed by atoms with E-state index in [1.54, 1.807) is 18.7 Å². The molecule has 6 nitrogen and oxygen atoms in total. The number of rotatable bonds is 4. The van der Waals surface area contributed by atoms with Crippen molar-refractivity contribution in [3.8, 4) is 0 Å². The fraction of sp³-hybridized carbons (Fsp3) is 0.389. The summed E-state index contributed by atoms with van der Waals surface area (Å²) in [6, 6.07) is 4.97. The Morgan fingerprint density at radius 3 is 2.60 bits per heavy atom. The number of carboxylic acid groups (broad SMARTS) is 1. The van der Waals surface area contributed by atoms with Gasteiger partial charge in [0.05, 0.1) is 24.2 Å². The molecule has 1 saturated heterocycles. The Bertz CT molecular complexity index is 780. The number of aromatic nitrogens is 1. The van der Waals surface area contributed by atoms with Crippen molar-refractivity contribution < 1.29 is 23.6 Å². The molecule has 0 spiro atoms. The Hall–Kier alpha value is -2.70. The molecule has 132 valence electrons. The third-order valence-electron chi connectivity index (χ3n) is 4.74. The zero-order chi connectivity index (χ0) is 18.1. The predicted molar refractivity (Wildman–Crippen MR) is 86.0 cm³/mol. The number of piperidine rings is 1. The van der Waals surface area contributed by atoms with Crippen molar-refractivity contribution in [1.29, 1.82) is 0 Å². The lowest BCUT2D eigenvalue weighted by molar-refractivity contribution is -0.152. The highest BCUT2D eigenvalue weighted by molar-refractivity contribution is 5.81. The average Bonchev–Trinajstić information content (AvgIpc) is 2.89. The molecular weight excluding hydrogens is 327 g/mol. The van der Waals surface area contributed by atoms with Gasteiger partial charge in [-0.25, -0.2) is 4.39 Å². The van der Waals surface area contributed by atoms with E-state index in [4.69, 9.17) is 4.52 Å². The first-order valence-electron chi connectivity index (χ1n) is 8.08. The summed E-state index contributed by atoms with van der Waals surface area (Å²) in [6.45, 7) is 3.75. The SMILES string of the molecule is Cc1noc(C)c1CN1C(=O)CC[C@H](C(=O)O)[C@@H]1c1ccc(F)cc1. The van der Waals surface area contributed by atoms with Gasteiger partial charge in [0.2, 0.25) is 5.91 Å². The van der Waals surface area contributed by atoms with Gasteiger partial charge in [0.1, 0.15) is 11.6 Å². The summed E-state index contributed by atoms with van der Waals surface area (Å²) in [5.41, 5.74) is 2.04. The monoisotopic (exact) mass is 346 g/mol. The van der Waals surface area contributed by atoms with Crippen LogP contribution in [0.1, 0.15) is 41.5 Å². The molecule has 0 bridgehead atoms. The smallest absolute Gasteiger partial charge is 0.308 e. The van der Waals surface area contributed by atoms with E-state index in [2.05, 4.69) is 5.16 Å². The molecule has 1 fully saturated rings. The van der Waals surface area contributed by atoms with Crippen LogP contribution in [0.4, 0.5) is 4.39 Å². The van der Waals surface area contributed by atoms with E-state index in [-0.39, 0.29) is 25.3 Å². The van der Waals surface area contributed by atoms with Gasteiger partial charge in [0.15, 0.2) is 0 Å². The van der Waals surface area contributed by atoms with Gasteiger partial charge < -0.3 is 14.5 Å². The number of amides is 1. The molecule has 0 saturated carbocycles. The molecule has 1 aliphatic heterocycles. The quantitative estimate of drug-likeness (QED) is 0.920. The van der Waals surface area contributed by atoms with Gasteiger partial charge >= 0.3 is 5.97 Å². The van der Waals surface area contributed by atoms with E-state index >= 15 is 0 Å². The largest absolute Gasteiger partial charge is 0.481 e. The summed E-state index contributed by atoms with van der Waals surface area (Å²) in [6.07, 6.45) is 0.423. The highest BCUT2D eigenvalue weighted by atomic mass is 19.1. The van der Waals surface area contributed by atoms with Crippen molar-refractivity contribution >= 4 is 11.9 Å². The van der Waals surface area contributed by atoms with Crippen LogP contribution in [0.3, 0.4) is 0 Å². The number of aliphatic carboxylic acids is 1. The molecule has 2 heterocycles. The summed E-state index contributed by atoms with van der Waals surface area (Å²) in [5.74, 6) is -1.66. The van der Waals surface area contributed by atoms with Crippen LogP contribution in [0.2, 0.25) is 0 Å². The van der Waals surface area contributed by atoms with E-state index in [0.29, 0.717) is 17.0 Å². The number of benzene rings is 1. The molecule has 0 radical (unpaired) electrons. The van der Waals surface area contributed by atoms with Gasteiger partial charge in [-0.05, 0) is 38.0 Å². The molecule has 1 amide bonds. The van der Waals surface area contributed by atoms with Crippen LogP contribution in [0.25, 0.3) is 0 Å². The molecule has 1 aromatic heterocycles. The van der Waals surface area contributed by atoms with Crippen molar-refractivity contribution in [2.24, 2.45) is 5.92 Å². The second-order valence-corrected chi connectivity index (χ2v) is 6.30. The lowest BCUT2D eigenvalue weighted by atomic mass is 9.84. The zero-order valence-corrected chi connectivity index (χ0v) is 14.0.